The van der Waals surface area contributed by atoms with Crippen molar-refractivity contribution in [3.05, 3.63) is 101 Å². The van der Waals surface area contributed by atoms with Gasteiger partial charge in [0.05, 0.1) is 0 Å². The first-order chi connectivity index (χ1) is 16.1. The lowest BCUT2D eigenvalue weighted by molar-refractivity contribution is 0.0672. The summed E-state index contributed by atoms with van der Waals surface area (Å²) in [6, 6.07) is 14.8. The molecule has 0 aliphatic rings. The lowest BCUT2D eigenvalue weighted by atomic mass is 9.92. The third-order valence-electron chi connectivity index (χ3n) is 5.24. The van der Waals surface area contributed by atoms with Crippen LogP contribution in [0.25, 0.3) is 0 Å². The lowest BCUT2D eigenvalue weighted by Crippen LogP contribution is -2.41. The van der Waals surface area contributed by atoms with E-state index >= 15 is 0 Å². The van der Waals surface area contributed by atoms with Crippen LogP contribution in [0.5, 0.6) is 0 Å². The maximum Gasteiger partial charge on any atom is 0.255 e. The van der Waals surface area contributed by atoms with Gasteiger partial charge in [0.1, 0.15) is 17.5 Å². The van der Waals surface area contributed by atoms with Crippen molar-refractivity contribution < 1.29 is 22.8 Å². The molecule has 2 amide bonds. The molecule has 178 valence electrons. The van der Waals surface area contributed by atoms with Crippen LogP contribution < -0.4 is 11.1 Å². The van der Waals surface area contributed by atoms with Crippen LogP contribution in [-0.2, 0) is 6.54 Å². The zero-order valence-corrected chi connectivity index (χ0v) is 18.9. The van der Waals surface area contributed by atoms with Crippen molar-refractivity contribution in [2.24, 2.45) is 11.1 Å². The van der Waals surface area contributed by atoms with Crippen LogP contribution in [0.1, 0.15) is 40.1 Å². The van der Waals surface area contributed by atoms with Gasteiger partial charge in [0.15, 0.2) is 0 Å². The number of hydrogen-bond donors (Lipinski definition) is 2. The normalized spacial score (nSPS) is 11.2. The van der Waals surface area contributed by atoms with Crippen molar-refractivity contribution in [2.45, 2.75) is 20.4 Å². The molecule has 0 spiro atoms. The molecule has 0 fully saturated rings. The number of anilines is 1. The van der Waals surface area contributed by atoms with Gasteiger partial charge in [0.25, 0.3) is 11.8 Å². The Hall–Kier alpha value is -3.65. The minimum Gasteiger partial charge on any atom is -0.334 e. The molecule has 3 N–H and O–H groups in total. The molecule has 0 radical (unpaired) electrons. The average molecular weight is 470 g/mol. The summed E-state index contributed by atoms with van der Waals surface area (Å²) < 4.78 is 40.7. The first kappa shape index (κ1) is 25.0. The predicted molar refractivity (Wildman–Crippen MR) is 125 cm³/mol. The first-order valence-electron chi connectivity index (χ1n) is 10.7. The molecule has 0 aliphatic carbocycles. The fraction of sp³-hybridized carbons (Fsp3) is 0.231. The van der Waals surface area contributed by atoms with Crippen LogP contribution in [0.2, 0.25) is 0 Å². The highest BCUT2D eigenvalue weighted by Crippen LogP contribution is 2.21. The van der Waals surface area contributed by atoms with E-state index in [1.807, 2.05) is 13.8 Å². The molecule has 0 heterocycles. The third kappa shape index (κ3) is 6.68. The van der Waals surface area contributed by atoms with Gasteiger partial charge in [-0.2, -0.15) is 0 Å². The fourth-order valence-corrected chi connectivity index (χ4v) is 3.39. The van der Waals surface area contributed by atoms with Crippen molar-refractivity contribution in [3.8, 4) is 0 Å². The first-order valence-corrected chi connectivity index (χ1v) is 10.7. The average Bonchev–Trinajstić information content (AvgIpc) is 2.78. The second-order valence-electron chi connectivity index (χ2n) is 8.85. The molecule has 0 aliphatic heterocycles. The van der Waals surface area contributed by atoms with Crippen LogP contribution in [0, 0.1) is 22.9 Å². The molecule has 0 saturated carbocycles. The molecule has 0 saturated heterocycles. The molecule has 0 atom stereocenters. The van der Waals surface area contributed by atoms with E-state index in [-0.39, 0.29) is 24.2 Å². The molecule has 34 heavy (non-hydrogen) atoms. The monoisotopic (exact) mass is 469 g/mol. The largest absolute Gasteiger partial charge is 0.334 e. The molecule has 0 unspecified atom stereocenters. The zero-order chi connectivity index (χ0) is 24.9. The zero-order valence-electron chi connectivity index (χ0n) is 18.9. The van der Waals surface area contributed by atoms with Gasteiger partial charge in [-0.25, -0.2) is 13.2 Å². The van der Waals surface area contributed by atoms with Crippen molar-refractivity contribution in [1.29, 1.82) is 0 Å². The van der Waals surface area contributed by atoms with Crippen molar-refractivity contribution in [3.63, 3.8) is 0 Å². The summed E-state index contributed by atoms with van der Waals surface area (Å²) in [6.07, 6.45) is 0. The smallest absolute Gasteiger partial charge is 0.255 e. The highest BCUT2D eigenvalue weighted by atomic mass is 19.1. The van der Waals surface area contributed by atoms with Gasteiger partial charge < -0.3 is 16.0 Å². The number of hydrogen-bond acceptors (Lipinski definition) is 3. The van der Waals surface area contributed by atoms with Crippen molar-refractivity contribution >= 4 is 17.5 Å². The van der Waals surface area contributed by atoms with E-state index in [0.717, 1.165) is 23.8 Å². The van der Waals surface area contributed by atoms with Gasteiger partial charge in [-0.05, 0) is 60.0 Å². The highest BCUT2D eigenvalue weighted by Gasteiger charge is 2.25. The summed E-state index contributed by atoms with van der Waals surface area (Å²) in [4.78, 5) is 26.9. The summed E-state index contributed by atoms with van der Waals surface area (Å²) in [7, 11) is 0. The standard InChI is InChI=1S/C26H26F3N3O2/c1-26(2,15-30)16-32(25(34)19-11-21(28)13-22(29)12-19)14-17-6-8-23(9-7-17)31-24(33)18-4-3-5-20(27)10-18/h3-13H,14-16,30H2,1-2H3,(H,31,33). The summed E-state index contributed by atoms with van der Waals surface area (Å²) in [5.41, 5.74) is 6.73. The van der Waals surface area contributed by atoms with Crippen molar-refractivity contribution in [1.82, 2.24) is 4.90 Å². The summed E-state index contributed by atoms with van der Waals surface area (Å²) in [6.45, 7) is 4.52. The lowest BCUT2D eigenvalue weighted by Gasteiger charge is -2.32. The van der Waals surface area contributed by atoms with Crippen LogP contribution in [0.15, 0.2) is 66.7 Å². The summed E-state index contributed by atoms with van der Waals surface area (Å²) in [5.74, 6) is -3.16. The van der Waals surface area contributed by atoms with Gasteiger partial charge in [0.2, 0.25) is 0 Å². The van der Waals surface area contributed by atoms with Crippen LogP contribution in [-0.4, -0.2) is 29.8 Å². The molecule has 0 aromatic heterocycles. The second kappa shape index (κ2) is 10.5. The van der Waals surface area contributed by atoms with E-state index < -0.39 is 34.7 Å². The Morgan fingerprint density at radius 3 is 2.09 bits per heavy atom. The number of benzene rings is 3. The molecule has 8 heteroatoms. The van der Waals surface area contributed by atoms with E-state index in [4.69, 9.17) is 5.73 Å². The van der Waals surface area contributed by atoms with E-state index in [0.29, 0.717) is 18.3 Å². The number of carbonyl (C=O) groups excluding carboxylic acids is 2. The van der Waals surface area contributed by atoms with E-state index in [1.165, 1.54) is 23.1 Å². The minimum atomic E-state index is -0.834. The van der Waals surface area contributed by atoms with Crippen LogP contribution >= 0.6 is 0 Å². The number of amides is 2. The topological polar surface area (TPSA) is 75.4 Å². The summed E-state index contributed by atoms with van der Waals surface area (Å²) >= 11 is 0. The SMILES string of the molecule is CC(C)(CN)CN(Cc1ccc(NC(=O)c2cccc(F)c2)cc1)C(=O)c1cc(F)cc(F)c1. The number of nitrogens with zero attached hydrogens (tertiary/aromatic N) is 1. The van der Waals surface area contributed by atoms with Gasteiger partial charge in [-0.3, -0.25) is 9.59 Å². The van der Waals surface area contributed by atoms with E-state index in [1.54, 1.807) is 24.3 Å². The molecular formula is C26H26F3N3O2. The Kier molecular flexibility index (Phi) is 7.73. The highest BCUT2D eigenvalue weighted by molar-refractivity contribution is 6.04. The number of nitrogens with two attached hydrogens (primary N) is 1. The Bertz CT molecular complexity index is 1160. The Morgan fingerprint density at radius 1 is 0.882 bits per heavy atom. The van der Waals surface area contributed by atoms with Crippen LogP contribution in [0.4, 0.5) is 18.9 Å². The number of carbonyl (C=O) groups is 2. The maximum atomic E-state index is 13.7. The Labute approximate surface area is 196 Å². The minimum absolute atomic E-state index is 0.0932. The molecular weight excluding hydrogens is 443 g/mol. The maximum absolute atomic E-state index is 13.7. The van der Waals surface area contributed by atoms with Gasteiger partial charge in [-0.15, -0.1) is 0 Å². The van der Waals surface area contributed by atoms with Gasteiger partial charge in [-0.1, -0.05) is 32.0 Å². The third-order valence-corrected chi connectivity index (χ3v) is 5.24. The fourth-order valence-electron chi connectivity index (χ4n) is 3.39. The van der Waals surface area contributed by atoms with Crippen molar-refractivity contribution in [2.75, 3.05) is 18.4 Å². The quantitative estimate of drug-likeness (QED) is 0.488. The van der Waals surface area contributed by atoms with E-state index in [9.17, 15) is 22.8 Å². The molecule has 3 aromatic rings. The van der Waals surface area contributed by atoms with Crippen LogP contribution in [0.3, 0.4) is 0 Å². The molecule has 3 aromatic carbocycles. The van der Waals surface area contributed by atoms with Gasteiger partial charge in [0, 0.05) is 36.0 Å². The Balaban J connectivity index is 1.77. The second-order valence-corrected chi connectivity index (χ2v) is 8.85. The summed E-state index contributed by atoms with van der Waals surface area (Å²) in [5, 5.41) is 2.69. The molecule has 0 bridgehead atoms. The van der Waals surface area contributed by atoms with E-state index in [2.05, 4.69) is 5.32 Å². The van der Waals surface area contributed by atoms with Gasteiger partial charge >= 0.3 is 0 Å². The Morgan fingerprint density at radius 2 is 1.50 bits per heavy atom. The molecule has 3 rings (SSSR count). The number of rotatable bonds is 8. The molecule has 5 nitrogen and oxygen atoms in total. The predicted octanol–water partition coefficient (Wildman–Crippen LogP) is 4.98. The number of halogens is 3. The number of nitrogens with one attached hydrogen (secondary N) is 1.